The Morgan fingerprint density at radius 3 is 2.94 bits per heavy atom. The first-order chi connectivity index (χ1) is 8.11. The van der Waals surface area contributed by atoms with Gasteiger partial charge in [0.2, 0.25) is 0 Å². The molecule has 0 unspecified atom stereocenters. The second-order valence-corrected chi connectivity index (χ2v) is 4.37. The van der Waals surface area contributed by atoms with Crippen molar-refractivity contribution in [1.82, 2.24) is 9.97 Å². The van der Waals surface area contributed by atoms with Gasteiger partial charge in [0.15, 0.2) is 0 Å². The van der Waals surface area contributed by atoms with Crippen molar-refractivity contribution in [2.24, 2.45) is 0 Å². The van der Waals surface area contributed by atoms with Crippen molar-refractivity contribution < 1.29 is 4.79 Å². The van der Waals surface area contributed by atoms with E-state index in [0.29, 0.717) is 16.9 Å². The van der Waals surface area contributed by atoms with Gasteiger partial charge in [-0.05, 0) is 40.6 Å². The van der Waals surface area contributed by atoms with Gasteiger partial charge in [-0.1, -0.05) is 0 Å². The fraction of sp³-hybridized carbons (Fsp3) is 0. The number of aromatic nitrogens is 2. The fourth-order valence-corrected chi connectivity index (χ4v) is 1.94. The van der Waals surface area contributed by atoms with E-state index in [1.807, 2.05) is 5.92 Å². The Hall–Kier alpha value is -1.88. The molecule has 17 heavy (non-hydrogen) atoms. The number of benzene rings is 1. The summed E-state index contributed by atoms with van der Waals surface area (Å²) in [6, 6.07) is 3.52. The molecule has 0 radical (unpaired) electrons. The van der Waals surface area contributed by atoms with Gasteiger partial charge >= 0.3 is 0 Å². The molecule has 1 heterocycles. The van der Waals surface area contributed by atoms with Gasteiger partial charge < -0.3 is 11.1 Å². The lowest BCUT2D eigenvalue weighted by Gasteiger charge is -2.07. The Morgan fingerprint density at radius 1 is 1.47 bits per heavy atom. The van der Waals surface area contributed by atoms with Gasteiger partial charge in [0, 0.05) is 8.96 Å². The summed E-state index contributed by atoms with van der Waals surface area (Å²) in [5.41, 5.74) is 7.05. The number of amides is 1. The van der Waals surface area contributed by atoms with E-state index in [2.05, 4.69) is 37.9 Å². The first kappa shape index (κ1) is 11.6. The van der Waals surface area contributed by atoms with E-state index < -0.39 is 5.91 Å². The van der Waals surface area contributed by atoms with Gasteiger partial charge in [0.05, 0.1) is 11.2 Å². The van der Waals surface area contributed by atoms with Crippen molar-refractivity contribution in [3.05, 3.63) is 22.0 Å². The number of nitrogens with zero attached hydrogens (tertiary/aromatic N) is 2. The number of anilines is 2. The van der Waals surface area contributed by atoms with Crippen LogP contribution < -0.4 is 11.1 Å². The van der Waals surface area contributed by atoms with E-state index in [9.17, 15) is 4.79 Å². The minimum absolute atomic E-state index is 0.364. The van der Waals surface area contributed by atoms with Crippen LogP contribution in [0.1, 0.15) is 0 Å². The maximum absolute atomic E-state index is 11.1. The molecule has 2 rings (SSSR count). The van der Waals surface area contributed by atoms with Crippen LogP contribution in [-0.2, 0) is 4.79 Å². The molecule has 0 fully saturated rings. The number of halogens is 1. The number of carbonyl (C=O) groups is 1. The normalized spacial score (nSPS) is 9.88. The van der Waals surface area contributed by atoms with E-state index in [0.717, 1.165) is 9.09 Å². The SMILES string of the molecule is C#CC(=O)Nc1cc2c(N)ncnc2cc1I. The summed E-state index contributed by atoms with van der Waals surface area (Å²) in [6.07, 6.45) is 6.39. The molecule has 1 aromatic heterocycles. The molecule has 84 valence electrons. The Bertz CT molecular complexity index is 648. The van der Waals surface area contributed by atoms with E-state index in [1.54, 1.807) is 12.1 Å². The van der Waals surface area contributed by atoms with Crippen molar-refractivity contribution in [1.29, 1.82) is 0 Å². The number of carbonyl (C=O) groups excluding carboxylic acids is 1. The molecule has 6 heteroatoms. The number of terminal acetylenes is 1. The van der Waals surface area contributed by atoms with E-state index >= 15 is 0 Å². The van der Waals surface area contributed by atoms with Gasteiger partial charge in [-0.25, -0.2) is 9.97 Å². The molecule has 1 aromatic carbocycles. The largest absolute Gasteiger partial charge is 0.383 e. The molecule has 0 bridgehead atoms. The Labute approximate surface area is 111 Å². The number of hydrogen-bond acceptors (Lipinski definition) is 4. The van der Waals surface area contributed by atoms with Crippen LogP contribution in [0.4, 0.5) is 11.5 Å². The number of hydrogen-bond donors (Lipinski definition) is 2. The monoisotopic (exact) mass is 338 g/mol. The quantitative estimate of drug-likeness (QED) is 0.608. The minimum Gasteiger partial charge on any atom is -0.383 e. The van der Waals surface area contributed by atoms with E-state index in [1.165, 1.54) is 6.33 Å². The lowest BCUT2D eigenvalue weighted by molar-refractivity contribution is -0.111. The predicted molar refractivity (Wildman–Crippen MR) is 74.1 cm³/mol. The third kappa shape index (κ3) is 2.29. The number of fused-ring (bicyclic) bond motifs is 1. The lowest BCUT2D eigenvalue weighted by Crippen LogP contribution is -2.09. The highest BCUT2D eigenvalue weighted by Gasteiger charge is 2.08. The standard InChI is InChI=1S/C11H7IN4O/c1-2-10(17)16-9-3-6-8(4-7(9)12)14-5-15-11(6)13/h1,3-5H,(H,16,17)(H2,13,14,15). The van der Waals surface area contributed by atoms with Crippen LogP contribution in [0, 0.1) is 15.9 Å². The topological polar surface area (TPSA) is 80.9 Å². The van der Waals surface area contributed by atoms with Gasteiger partial charge in [-0.2, -0.15) is 0 Å². The average Bonchev–Trinajstić information content (AvgIpc) is 2.31. The molecule has 0 aliphatic rings. The average molecular weight is 338 g/mol. The van der Waals surface area contributed by atoms with Crippen LogP contribution in [0.5, 0.6) is 0 Å². The second-order valence-electron chi connectivity index (χ2n) is 3.21. The highest BCUT2D eigenvalue weighted by atomic mass is 127. The van der Waals surface area contributed by atoms with Crippen LogP contribution >= 0.6 is 22.6 Å². The Balaban J connectivity index is 2.58. The molecule has 0 spiro atoms. The Kier molecular flexibility index (Phi) is 3.10. The van der Waals surface area contributed by atoms with E-state index in [-0.39, 0.29) is 0 Å². The zero-order valence-electron chi connectivity index (χ0n) is 8.57. The molecule has 0 atom stereocenters. The third-order valence-corrected chi connectivity index (χ3v) is 3.03. The van der Waals surface area contributed by atoms with Crippen molar-refractivity contribution >= 4 is 50.9 Å². The number of rotatable bonds is 1. The van der Waals surface area contributed by atoms with Crippen molar-refractivity contribution in [3.8, 4) is 12.3 Å². The summed E-state index contributed by atoms with van der Waals surface area (Å²) in [7, 11) is 0. The lowest BCUT2D eigenvalue weighted by atomic mass is 10.2. The van der Waals surface area contributed by atoms with Crippen LogP contribution in [0.15, 0.2) is 18.5 Å². The van der Waals surface area contributed by atoms with E-state index in [4.69, 9.17) is 12.2 Å². The summed E-state index contributed by atoms with van der Waals surface area (Å²) >= 11 is 2.09. The van der Waals surface area contributed by atoms with Gasteiger partial charge in [-0.15, -0.1) is 6.42 Å². The highest BCUT2D eigenvalue weighted by Crippen LogP contribution is 2.26. The molecule has 1 amide bonds. The van der Waals surface area contributed by atoms with Crippen molar-refractivity contribution in [2.45, 2.75) is 0 Å². The summed E-state index contributed by atoms with van der Waals surface area (Å²) in [5, 5.41) is 3.27. The van der Waals surface area contributed by atoms with Crippen LogP contribution in [0.3, 0.4) is 0 Å². The first-order valence-corrected chi connectivity index (χ1v) is 5.67. The molecular formula is C11H7IN4O. The maximum Gasteiger partial charge on any atom is 0.300 e. The smallest absolute Gasteiger partial charge is 0.300 e. The summed E-state index contributed by atoms with van der Waals surface area (Å²) in [5.74, 6) is 1.85. The summed E-state index contributed by atoms with van der Waals surface area (Å²) in [6.45, 7) is 0. The molecular weight excluding hydrogens is 331 g/mol. The minimum atomic E-state index is -0.502. The third-order valence-electron chi connectivity index (χ3n) is 2.13. The first-order valence-electron chi connectivity index (χ1n) is 4.59. The molecule has 2 aromatic rings. The Morgan fingerprint density at radius 2 is 2.24 bits per heavy atom. The van der Waals surface area contributed by atoms with Crippen molar-refractivity contribution in [2.75, 3.05) is 11.1 Å². The second kappa shape index (κ2) is 4.55. The summed E-state index contributed by atoms with van der Waals surface area (Å²) < 4.78 is 0.830. The van der Waals surface area contributed by atoms with Crippen molar-refractivity contribution in [3.63, 3.8) is 0 Å². The molecule has 5 nitrogen and oxygen atoms in total. The zero-order chi connectivity index (χ0) is 12.4. The highest BCUT2D eigenvalue weighted by molar-refractivity contribution is 14.1. The molecule has 0 saturated carbocycles. The van der Waals surface area contributed by atoms with Crippen LogP contribution in [0.2, 0.25) is 0 Å². The van der Waals surface area contributed by atoms with Gasteiger partial charge in [0.25, 0.3) is 5.91 Å². The van der Waals surface area contributed by atoms with Gasteiger partial charge in [-0.3, -0.25) is 4.79 Å². The zero-order valence-corrected chi connectivity index (χ0v) is 10.7. The summed E-state index contributed by atoms with van der Waals surface area (Å²) in [4.78, 5) is 19.1. The fourth-order valence-electron chi connectivity index (χ4n) is 1.35. The molecule has 0 aliphatic heterocycles. The van der Waals surface area contributed by atoms with Crippen LogP contribution in [0.25, 0.3) is 10.9 Å². The number of nitrogens with one attached hydrogen (secondary N) is 1. The van der Waals surface area contributed by atoms with Crippen LogP contribution in [-0.4, -0.2) is 15.9 Å². The van der Waals surface area contributed by atoms with Gasteiger partial charge in [0.1, 0.15) is 12.1 Å². The molecule has 0 aliphatic carbocycles. The molecule has 0 saturated heterocycles. The molecule has 3 N–H and O–H groups in total. The predicted octanol–water partition coefficient (Wildman–Crippen LogP) is 1.39. The maximum atomic E-state index is 11.1. The number of nitrogen functional groups attached to an aromatic ring is 1. The number of nitrogens with two attached hydrogens (primary N) is 1.